The fourth-order valence-electron chi connectivity index (χ4n) is 3.88. The molecule has 2 aliphatic rings. The van der Waals surface area contributed by atoms with Gasteiger partial charge in [0.1, 0.15) is 5.82 Å². The average molecular weight is 412 g/mol. The Morgan fingerprint density at radius 1 is 1.04 bits per heavy atom. The predicted molar refractivity (Wildman–Crippen MR) is 99.2 cm³/mol. The molecule has 0 radical (unpaired) electrons. The summed E-state index contributed by atoms with van der Waals surface area (Å²) in [4.78, 5) is 26.3. The summed E-state index contributed by atoms with van der Waals surface area (Å²) in [5.74, 6) is -1.40. The van der Waals surface area contributed by atoms with Gasteiger partial charge in [0.25, 0.3) is 0 Å². The van der Waals surface area contributed by atoms with Gasteiger partial charge in [0.15, 0.2) is 0 Å². The van der Waals surface area contributed by atoms with Gasteiger partial charge in [-0.1, -0.05) is 0 Å². The van der Waals surface area contributed by atoms with Gasteiger partial charge >= 0.3 is 5.97 Å². The zero-order valence-corrected chi connectivity index (χ0v) is 16.7. The van der Waals surface area contributed by atoms with Gasteiger partial charge < -0.3 is 9.64 Å². The number of nitrogens with zero attached hydrogens (tertiary/aromatic N) is 2. The number of amides is 1. The van der Waals surface area contributed by atoms with Gasteiger partial charge in [0.05, 0.1) is 23.8 Å². The molecule has 0 aliphatic carbocycles. The molecule has 9 heteroatoms. The topological polar surface area (TPSA) is 84.0 Å². The number of hydrogen-bond acceptors (Lipinski definition) is 5. The summed E-state index contributed by atoms with van der Waals surface area (Å²) in [5, 5.41) is 0. The molecule has 7 nitrogen and oxygen atoms in total. The molecule has 0 N–H and O–H groups in total. The number of halogens is 1. The summed E-state index contributed by atoms with van der Waals surface area (Å²) >= 11 is 0. The predicted octanol–water partition coefficient (Wildman–Crippen LogP) is 1.64. The van der Waals surface area contributed by atoms with Gasteiger partial charge in [0.2, 0.25) is 15.9 Å². The second kappa shape index (κ2) is 8.57. The van der Waals surface area contributed by atoms with E-state index in [4.69, 9.17) is 4.74 Å². The smallest absolute Gasteiger partial charge is 0.308 e. The van der Waals surface area contributed by atoms with E-state index in [1.54, 1.807) is 4.90 Å². The molecule has 2 heterocycles. The molecule has 0 unspecified atom stereocenters. The number of methoxy groups -OCH3 is 1. The van der Waals surface area contributed by atoms with Gasteiger partial charge in [0, 0.05) is 26.2 Å². The molecule has 0 spiro atoms. The number of carbonyl (C=O) groups excluding carboxylic acids is 2. The van der Waals surface area contributed by atoms with Crippen LogP contribution in [0.15, 0.2) is 29.2 Å². The standard InChI is InChI=1S/C19H25FN2O5S/c1-27-19(24)14-8-11-21(12-9-14)18(23)15-3-2-10-22(13-15)28(25,26)17-6-4-16(20)5-7-17/h4-7,14-15H,2-3,8-13H2,1H3/t15-/m0/s1. The lowest BCUT2D eigenvalue weighted by Gasteiger charge is -2.37. The van der Waals surface area contributed by atoms with Crippen LogP contribution in [0, 0.1) is 17.7 Å². The molecule has 0 bridgehead atoms. The van der Waals surface area contributed by atoms with Crippen LogP contribution in [0.1, 0.15) is 25.7 Å². The number of benzene rings is 1. The van der Waals surface area contributed by atoms with Crippen LogP contribution in [-0.2, 0) is 24.3 Å². The molecule has 2 fully saturated rings. The van der Waals surface area contributed by atoms with Crippen molar-refractivity contribution in [1.82, 2.24) is 9.21 Å². The van der Waals surface area contributed by atoms with E-state index in [1.165, 1.54) is 23.5 Å². The zero-order chi connectivity index (χ0) is 20.3. The number of esters is 1. The van der Waals surface area contributed by atoms with Crippen LogP contribution in [0.25, 0.3) is 0 Å². The monoisotopic (exact) mass is 412 g/mol. The fraction of sp³-hybridized carbons (Fsp3) is 0.579. The van der Waals surface area contributed by atoms with Gasteiger partial charge in [-0.3, -0.25) is 9.59 Å². The largest absolute Gasteiger partial charge is 0.469 e. The summed E-state index contributed by atoms with van der Waals surface area (Å²) < 4.78 is 44.8. The Hall–Kier alpha value is -2.00. The number of rotatable bonds is 4. The van der Waals surface area contributed by atoms with Crippen molar-refractivity contribution >= 4 is 21.9 Å². The summed E-state index contributed by atoms with van der Waals surface area (Å²) in [7, 11) is -2.41. The summed E-state index contributed by atoms with van der Waals surface area (Å²) in [6.45, 7) is 1.41. The first-order chi connectivity index (χ1) is 13.3. The van der Waals surface area contributed by atoms with Crippen LogP contribution in [0.4, 0.5) is 4.39 Å². The molecule has 2 saturated heterocycles. The van der Waals surface area contributed by atoms with E-state index < -0.39 is 21.8 Å². The Morgan fingerprint density at radius 3 is 2.29 bits per heavy atom. The lowest BCUT2D eigenvalue weighted by atomic mass is 9.93. The average Bonchev–Trinajstić information content (AvgIpc) is 2.73. The van der Waals surface area contributed by atoms with E-state index in [0.717, 1.165) is 12.1 Å². The highest BCUT2D eigenvalue weighted by Crippen LogP contribution is 2.27. The second-order valence-corrected chi connectivity index (χ2v) is 9.22. The number of ether oxygens (including phenoxy) is 1. The van der Waals surface area contributed by atoms with E-state index in [9.17, 15) is 22.4 Å². The Morgan fingerprint density at radius 2 is 1.68 bits per heavy atom. The number of sulfonamides is 1. The summed E-state index contributed by atoms with van der Waals surface area (Å²) in [5.41, 5.74) is 0. The maximum atomic E-state index is 13.1. The number of piperidine rings is 2. The molecule has 1 amide bonds. The fourth-order valence-corrected chi connectivity index (χ4v) is 5.40. The normalized spacial score (nSPS) is 22.1. The van der Waals surface area contributed by atoms with E-state index in [1.807, 2.05) is 0 Å². The third-order valence-electron chi connectivity index (χ3n) is 5.53. The van der Waals surface area contributed by atoms with E-state index in [2.05, 4.69) is 0 Å². The van der Waals surface area contributed by atoms with Crippen LogP contribution in [0.5, 0.6) is 0 Å². The number of hydrogen-bond donors (Lipinski definition) is 0. The minimum absolute atomic E-state index is 0.0286. The van der Waals surface area contributed by atoms with Crippen molar-refractivity contribution in [1.29, 1.82) is 0 Å². The lowest BCUT2D eigenvalue weighted by molar-refractivity contribution is -0.149. The minimum atomic E-state index is -3.76. The van der Waals surface area contributed by atoms with Gasteiger partial charge in [-0.25, -0.2) is 12.8 Å². The molecule has 1 atom stereocenters. The highest BCUT2D eigenvalue weighted by atomic mass is 32.2. The molecule has 2 aliphatic heterocycles. The van der Waals surface area contributed by atoms with E-state index >= 15 is 0 Å². The molecular weight excluding hydrogens is 387 g/mol. The van der Waals surface area contributed by atoms with Crippen LogP contribution in [0.3, 0.4) is 0 Å². The third kappa shape index (κ3) is 4.35. The SMILES string of the molecule is COC(=O)C1CCN(C(=O)[C@H]2CCCN(S(=O)(=O)c3ccc(F)cc3)C2)CC1. The molecule has 3 rings (SSSR count). The molecule has 154 valence electrons. The highest BCUT2D eigenvalue weighted by molar-refractivity contribution is 7.89. The molecule has 1 aromatic carbocycles. The van der Waals surface area contributed by atoms with Crippen molar-refractivity contribution in [2.24, 2.45) is 11.8 Å². The van der Waals surface area contributed by atoms with Crippen LogP contribution < -0.4 is 0 Å². The maximum absolute atomic E-state index is 13.1. The molecule has 0 saturated carbocycles. The van der Waals surface area contributed by atoms with Gasteiger partial charge in [-0.05, 0) is 49.9 Å². The Balaban J connectivity index is 1.64. The summed E-state index contributed by atoms with van der Waals surface area (Å²) in [6, 6.07) is 4.72. The first kappa shape index (κ1) is 20.7. The van der Waals surface area contributed by atoms with Crippen molar-refractivity contribution in [2.45, 2.75) is 30.6 Å². The third-order valence-corrected chi connectivity index (χ3v) is 7.41. The van der Waals surface area contributed by atoms with Crippen molar-refractivity contribution in [3.8, 4) is 0 Å². The van der Waals surface area contributed by atoms with Gasteiger partial charge in [-0.15, -0.1) is 0 Å². The zero-order valence-electron chi connectivity index (χ0n) is 15.8. The Bertz CT molecular complexity index is 819. The Labute approximate surface area is 164 Å². The molecule has 1 aromatic rings. The first-order valence-corrected chi connectivity index (χ1v) is 10.9. The summed E-state index contributed by atoms with van der Waals surface area (Å²) in [6.07, 6.45) is 2.34. The van der Waals surface area contributed by atoms with Crippen LogP contribution in [-0.4, -0.2) is 62.8 Å². The lowest BCUT2D eigenvalue weighted by Crippen LogP contribution is -2.49. The van der Waals surface area contributed by atoms with Crippen LogP contribution in [0.2, 0.25) is 0 Å². The number of carbonyl (C=O) groups is 2. The van der Waals surface area contributed by atoms with E-state index in [0.29, 0.717) is 45.3 Å². The number of likely N-dealkylation sites (tertiary alicyclic amines) is 1. The van der Waals surface area contributed by atoms with Crippen molar-refractivity contribution in [2.75, 3.05) is 33.3 Å². The van der Waals surface area contributed by atoms with Crippen molar-refractivity contribution in [3.05, 3.63) is 30.1 Å². The van der Waals surface area contributed by atoms with Crippen molar-refractivity contribution in [3.63, 3.8) is 0 Å². The molecule has 28 heavy (non-hydrogen) atoms. The van der Waals surface area contributed by atoms with Crippen molar-refractivity contribution < 1.29 is 27.1 Å². The Kier molecular flexibility index (Phi) is 6.34. The minimum Gasteiger partial charge on any atom is -0.469 e. The second-order valence-electron chi connectivity index (χ2n) is 7.28. The maximum Gasteiger partial charge on any atom is 0.308 e. The van der Waals surface area contributed by atoms with E-state index in [-0.39, 0.29) is 29.2 Å². The first-order valence-electron chi connectivity index (χ1n) is 9.45. The molecule has 0 aromatic heterocycles. The quantitative estimate of drug-likeness (QED) is 0.702. The molecular formula is C19H25FN2O5S. The highest BCUT2D eigenvalue weighted by Gasteiger charge is 2.36. The van der Waals surface area contributed by atoms with Gasteiger partial charge in [-0.2, -0.15) is 4.31 Å². The van der Waals surface area contributed by atoms with Crippen LogP contribution >= 0.6 is 0 Å².